The number of rotatable bonds is 5. The molecule has 1 saturated heterocycles. The molecule has 2 rings (SSSR count). The van der Waals surface area contributed by atoms with E-state index >= 15 is 0 Å². The number of anilines is 2. The van der Waals surface area contributed by atoms with E-state index < -0.39 is 0 Å². The molecule has 0 bridgehead atoms. The second-order valence-electron chi connectivity index (χ2n) is 5.72. The molecule has 1 N–H and O–H groups in total. The number of ether oxygens (including phenoxy) is 1. The van der Waals surface area contributed by atoms with E-state index in [4.69, 9.17) is 4.74 Å². The van der Waals surface area contributed by atoms with Gasteiger partial charge in [-0.25, -0.2) is 0 Å². The minimum atomic E-state index is 0.315. The molecule has 21 heavy (non-hydrogen) atoms. The molecule has 0 saturated carbocycles. The van der Waals surface area contributed by atoms with Crippen LogP contribution < -0.4 is 15.0 Å². The van der Waals surface area contributed by atoms with Gasteiger partial charge in [0.2, 0.25) is 11.9 Å². The Hall–Kier alpha value is -1.24. The molecule has 1 aromatic heterocycles. The van der Waals surface area contributed by atoms with Crippen LogP contribution in [0.15, 0.2) is 0 Å². The van der Waals surface area contributed by atoms with E-state index in [1.807, 2.05) is 11.8 Å². The fraction of sp³-hybridized carbons (Fsp3) is 0.786. The lowest BCUT2D eigenvalue weighted by molar-refractivity contribution is 0.378. The lowest BCUT2D eigenvalue weighted by atomic mass is 10.1. The summed E-state index contributed by atoms with van der Waals surface area (Å²) < 4.78 is 5.52. The fourth-order valence-corrected chi connectivity index (χ4v) is 3.21. The molecule has 7 heteroatoms. The first-order chi connectivity index (χ1) is 10.0. The van der Waals surface area contributed by atoms with Crippen LogP contribution in [0.5, 0.6) is 6.01 Å². The van der Waals surface area contributed by atoms with Crippen molar-refractivity contribution in [2.24, 2.45) is 0 Å². The second kappa shape index (κ2) is 7.15. The van der Waals surface area contributed by atoms with Crippen LogP contribution in [-0.4, -0.2) is 52.2 Å². The van der Waals surface area contributed by atoms with Gasteiger partial charge in [0.05, 0.1) is 7.11 Å². The summed E-state index contributed by atoms with van der Waals surface area (Å²) in [6, 6.07) is 0.370. The molecule has 0 aromatic carbocycles. The third kappa shape index (κ3) is 4.62. The van der Waals surface area contributed by atoms with E-state index in [-0.39, 0.29) is 0 Å². The van der Waals surface area contributed by atoms with E-state index in [1.165, 1.54) is 0 Å². The summed E-state index contributed by atoms with van der Waals surface area (Å²) in [7, 11) is 1.59. The summed E-state index contributed by atoms with van der Waals surface area (Å²) in [5, 5.41) is 3.21. The Morgan fingerprint density at radius 3 is 2.81 bits per heavy atom. The van der Waals surface area contributed by atoms with Crippen LogP contribution in [0.1, 0.15) is 33.6 Å². The first-order valence-electron chi connectivity index (χ1n) is 7.47. The highest BCUT2D eigenvalue weighted by Gasteiger charge is 2.25. The van der Waals surface area contributed by atoms with Gasteiger partial charge >= 0.3 is 6.01 Å². The number of thioether (sulfide) groups is 1. The van der Waals surface area contributed by atoms with Crippen molar-refractivity contribution in [3.05, 3.63) is 0 Å². The molecule has 0 amide bonds. The molecule has 6 nitrogen and oxygen atoms in total. The van der Waals surface area contributed by atoms with Crippen LogP contribution in [0.2, 0.25) is 0 Å². The smallest absolute Gasteiger partial charge is 0.322 e. The van der Waals surface area contributed by atoms with E-state index in [0.717, 1.165) is 38.2 Å². The van der Waals surface area contributed by atoms with E-state index in [0.29, 0.717) is 22.7 Å². The number of hydrogen-bond donors (Lipinski definition) is 1. The number of nitrogens with zero attached hydrogens (tertiary/aromatic N) is 4. The zero-order chi connectivity index (χ0) is 15.3. The van der Waals surface area contributed by atoms with Crippen LogP contribution in [-0.2, 0) is 0 Å². The quantitative estimate of drug-likeness (QED) is 0.896. The second-order valence-corrected chi connectivity index (χ2v) is 7.52. The van der Waals surface area contributed by atoms with Gasteiger partial charge in [-0.15, -0.1) is 0 Å². The van der Waals surface area contributed by atoms with Crippen molar-refractivity contribution in [1.29, 1.82) is 0 Å². The molecule has 0 aliphatic carbocycles. The van der Waals surface area contributed by atoms with E-state index in [2.05, 4.69) is 45.9 Å². The average molecular weight is 311 g/mol. The van der Waals surface area contributed by atoms with Gasteiger partial charge in [0.15, 0.2) is 0 Å². The molecule has 2 heterocycles. The first-order valence-corrected chi connectivity index (χ1v) is 8.45. The first kappa shape index (κ1) is 16.1. The molecule has 1 aliphatic rings. The standard InChI is InChI=1S/C14H25N5OS/c1-5-7-15-11-16-12(18-13(17-11)20-4)19-8-6-14(2,3)21-10-9-19/h5-10H2,1-4H3,(H,15,16,17,18). The highest BCUT2D eigenvalue weighted by atomic mass is 32.2. The van der Waals surface area contributed by atoms with Gasteiger partial charge in [-0.2, -0.15) is 26.7 Å². The van der Waals surface area contributed by atoms with Crippen molar-refractivity contribution >= 4 is 23.7 Å². The lowest BCUT2D eigenvalue weighted by Crippen LogP contribution is -2.29. The van der Waals surface area contributed by atoms with Gasteiger partial charge in [-0.3, -0.25) is 0 Å². The predicted molar refractivity (Wildman–Crippen MR) is 88.5 cm³/mol. The third-order valence-corrected chi connectivity index (χ3v) is 4.81. The lowest BCUT2D eigenvalue weighted by Gasteiger charge is -2.23. The maximum absolute atomic E-state index is 5.20. The summed E-state index contributed by atoms with van der Waals surface area (Å²) in [6.45, 7) is 9.46. The Bertz CT molecular complexity index is 469. The van der Waals surface area contributed by atoms with Crippen LogP contribution in [0.4, 0.5) is 11.9 Å². The van der Waals surface area contributed by atoms with E-state index in [1.54, 1.807) is 7.11 Å². The largest absolute Gasteiger partial charge is 0.467 e. The van der Waals surface area contributed by atoms with Crippen LogP contribution in [0.3, 0.4) is 0 Å². The Labute approximate surface area is 131 Å². The van der Waals surface area contributed by atoms with Crippen molar-refractivity contribution in [3.63, 3.8) is 0 Å². The topological polar surface area (TPSA) is 63.2 Å². The van der Waals surface area contributed by atoms with Gasteiger partial charge < -0.3 is 15.0 Å². The molecule has 0 unspecified atom stereocenters. The van der Waals surface area contributed by atoms with Crippen LogP contribution in [0, 0.1) is 0 Å². The Balaban J connectivity index is 2.17. The van der Waals surface area contributed by atoms with Crippen LogP contribution >= 0.6 is 11.8 Å². The van der Waals surface area contributed by atoms with Crippen LogP contribution in [0.25, 0.3) is 0 Å². The summed E-state index contributed by atoms with van der Waals surface area (Å²) in [4.78, 5) is 15.4. The predicted octanol–water partition coefficient (Wildman–Crippen LogP) is 2.42. The zero-order valence-corrected chi connectivity index (χ0v) is 14.2. The van der Waals surface area contributed by atoms with Crippen molar-refractivity contribution < 1.29 is 4.74 Å². The van der Waals surface area contributed by atoms with Crippen molar-refractivity contribution in [2.75, 3.05) is 42.7 Å². The molecule has 1 aromatic rings. The summed E-state index contributed by atoms with van der Waals surface area (Å²) in [5.74, 6) is 2.38. The molecule has 1 aliphatic heterocycles. The maximum Gasteiger partial charge on any atom is 0.322 e. The van der Waals surface area contributed by atoms with Gasteiger partial charge in [-0.1, -0.05) is 20.8 Å². The Morgan fingerprint density at radius 1 is 1.29 bits per heavy atom. The number of nitrogens with one attached hydrogen (secondary N) is 1. The Kier molecular flexibility index (Phi) is 5.50. The highest BCUT2D eigenvalue weighted by molar-refractivity contribution is 8.00. The normalized spacial score (nSPS) is 18.2. The third-order valence-electron chi connectivity index (χ3n) is 3.44. The molecule has 0 spiro atoms. The molecular formula is C14H25N5OS. The minimum Gasteiger partial charge on any atom is -0.467 e. The monoisotopic (exact) mass is 311 g/mol. The molecule has 0 radical (unpaired) electrons. The number of hydrogen-bond acceptors (Lipinski definition) is 7. The van der Waals surface area contributed by atoms with Crippen molar-refractivity contribution in [2.45, 2.75) is 38.4 Å². The Morgan fingerprint density at radius 2 is 2.10 bits per heavy atom. The SMILES string of the molecule is CCCNc1nc(OC)nc(N2CCSC(C)(C)CC2)n1. The summed E-state index contributed by atoms with van der Waals surface area (Å²) in [6.07, 6.45) is 2.14. The number of aromatic nitrogens is 3. The maximum atomic E-state index is 5.20. The average Bonchev–Trinajstić information content (AvgIpc) is 2.65. The van der Waals surface area contributed by atoms with E-state index in [9.17, 15) is 0 Å². The minimum absolute atomic E-state index is 0.315. The summed E-state index contributed by atoms with van der Waals surface area (Å²) >= 11 is 2.01. The highest BCUT2D eigenvalue weighted by Crippen LogP contribution is 2.31. The molecule has 1 fully saturated rings. The summed E-state index contributed by atoms with van der Waals surface area (Å²) in [5.41, 5.74) is 0. The van der Waals surface area contributed by atoms with Gasteiger partial charge in [0.1, 0.15) is 0 Å². The van der Waals surface area contributed by atoms with Gasteiger partial charge in [-0.05, 0) is 12.8 Å². The number of methoxy groups -OCH3 is 1. The van der Waals surface area contributed by atoms with Crippen molar-refractivity contribution in [3.8, 4) is 6.01 Å². The molecule has 0 atom stereocenters. The molecule has 118 valence electrons. The van der Waals surface area contributed by atoms with Crippen molar-refractivity contribution in [1.82, 2.24) is 15.0 Å². The molecular weight excluding hydrogens is 286 g/mol. The zero-order valence-electron chi connectivity index (χ0n) is 13.3. The fourth-order valence-electron chi connectivity index (χ4n) is 2.11. The van der Waals surface area contributed by atoms with Gasteiger partial charge in [0, 0.05) is 30.1 Å². The van der Waals surface area contributed by atoms with Gasteiger partial charge in [0.25, 0.3) is 0 Å².